The number of carbonyl (C=O) groups excluding carboxylic acids is 2. The molecule has 0 saturated heterocycles. The topological polar surface area (TPSA) is 105 Å². The van der Waals surface area contributed by atoms with E-state index < -0.39 is 28.5 Å². The Labute approximate surface area is 296 Å². The molecule has 9 nitrogen and oxygen atoms in total. The van der Waals surface area contributed by atoms with Gasteiger partial charge in [0, 0.05) is 19.0 Å². The Morgan fingerprint density at radius 1 is 0.800 bits per heavy atom. The fraction of sp³-hybridized carbons (Fsp3) is 0.350. The van der Waals surface area contributed by atoms with Crippen LogP contribution in [0.5, 0.6) is 11.5 Å². The van der Waals surface area contributed by atoms with Crippen LogP contribution < -0.4 is 19.1 Å². The first-order valence-corrected chi connectivity index (χ1v) is 18.5. The summed E-state index contributed by atoms with van der Waals surface area (Å²) in [4.78, 5) is 30.8. The maximum absolute atomic E-state index is 14.9. The van der Waals surface area contributed by atoms with E-state index in [9.17, 15) is 18.0 Å². The van der Waals surface area contributed by atoms with Crippen LogP contribution in [-0.4, -0.2) is 58.0 Å². The van der Waals surface area contributed by atoms with E-state index in [4.69, 9.17) is 9.47 Å². The third-order valence-electron chi connectivity index (χ3n) is 9.20. The Morgan fingerprint density at radius 2 is 1.48 bits per heavy atom. The van der Waals surface area contributed by atoms with Crippen LogP contribution in [0.25, 0.3) is 0 Å². The van der Waals surface area contributed by atoms with Crippen molar-refractivity contribution in [2.24, 2.45) is 0 Å². The number of amides is 2. The van der Waals surface area contributed by atoms with Crippen molar-refractivity contribution in [3.63, 3.8) is 0 Å². The molecule has 0 radical (unpaired) electrons. The third-order valence-corrected chi connectivity index (χ3v) is 11.0. The summed E-state index contributed by atoms with van der Waals surface area (Å²) in [5.74, 6) is 0.105. The molecule has 5 rings (SSSR count). The molecule has 50 heavy (non-hydrogen) atoms. The molecule has 10 heteroatoms. The molecule has 4 aromatic carbocycles. The summed E-state index contributed by atoms with van der Waals surface area (Å²) in [6.45, 7) is 3.21. The molecule has 0 aromatic heterocycles. The molecule has 1 N–H and O–H groups in total. The van der Waals surface area contributed by atoms with Crippen LogP contribution >= 0.6 is 0 Å². The number of anilines is 1. The van der Waals surface area contributed by atoms with Crippen LogP contribution in [0.4, 0.5) is 5.69 Å². The van der Waals surface area contributed by atoms with E-state index in [-0.39, 0.29) is 35.5 Å². The lowest BCUT2D eigenvalue weighted by atomic mass is 9.94. The fourth-order valence-corrected chi connectivity index (χ4v) is 7.83. The summed E-state index contributed by atoms with van der Waals surface area (Å²) < 4.78 is 41.2. The zero-order valence-electron chi connectivity index (χ0n) is 29.3. The van der Waals surface area contributed by atoms with E-state index in [1.165, 1.54) is 24.1 Å². The zero-order valence-corrected chi connectivity index (χ0v) is 30.1. The highest BCUT2D eigenvalue weighted by Crippen LogP contribution is 2.34. The summed E-state index contributed by atoms with van der Waals surface area (Å²) in [5, 5.41) is 3.25. The lowest BCUT2D eigenvalue weighted by Crippen LogP contribution is -2.55. The number of benzene rings is 4. The van der Waals surface area contributed by atoms with E-state index >= 15 is 0 Å². The summed E-state index contributed by atoms with van der Waals surface area (Å²) in [7, 11) is -1.24. The Kier molecular flexibility index (Phi) is 12.2. The average molecular weight is 698 g/mol. The van der Waals surface area contributed by atoms with E-state index in [1.807, 2.05) is 74.5 Å². The highest BCUT2D eigenvalue weighted by Gasteiger charge is 2.36. The molecule has 1 aliphatic rings. The van der Waals surface area contributed by atoms with Gasteiger partial charge in [0.2, 0.25) is 11.8 Å². The van der Waals surface area contributed by atoms with Crippen LogP contribution in [0.15, 0.2) is 102 Å². The molecule has 0 unspecified atom stereocenters. The molecule has 264 valence electrons. The molecule has 0 bridgehead atoms. The number of rotatable bonds is 14. The van der Waals surface area contributed by atoms with Gasteiger partial charge in [0.05, 0.1) is 24.8 Å². The first-order valence-electron chi connectivity index (χ1n) is 17.1. The van der Waals surface area contributed by atoms with Gasteiger partial charge in [-0.25, -0.2) is 8.42 Å². The smallest absolute Gasteiger partial charge is 0.264 e. The van der Waals surface area contributed by atoms with Crippen molar-refractivity contribution in [3.8, 4) is 11.5 Å². The highest BCUT2D eigenvalue weighted by molar-refractivity contribution is 7.92. The van der Waals surface area contributed by atoms with Crippen molar-refractivity contribution in [1.82, 2.24) is 10.2 Å². The van der Waals surface area contributed by atoms with Crippen LogP contribution in [0.2, 0.25) is 0 Å². The molecule has 1 aliphatic carbocycles. The highest BCUT2D eigenvalue weighted by atomic mass is 32.2. The second-order valence-electron chi connectivity index (χ2n) is 12.9. The van der Waals surface area contributed by atoms with Gasteiger partial charge in [-0.2, -0.15) is 0 Å². The molecule has 4 aromatic rings. The Morgan fingerprint density at radius 3 is 2.16 bits per heavy atom. The fourth-order valence-electron chi connectivity index (χ4n) is 6.41. The second kappa shape index (κ2) is 16.7. The Balaban J connectivity index is 1.61. The number of ether oxygens (including phenoxy) is 2. The standard InChI is InChI=1S/C40H47N3O6S/c1-29-18-21-35(22-19-29)50(46,47)43(36-24-30(2)20-23-38(36)49-4)28-39(44)42(27-32-14-11-17-34(25-32)48-3)37(26-31-12-7-5-8-13-31)40(45)41-33-15-9-6-10-16-33/h5,7-8,11-14,17-25,33,37H,6,9-10,15-16,26-28H2,1-4H3,(H,41,45)/t37-/m1/s1. The van der Waals surface area contributed by atoms with E-state index in [1.54, 1.807) is 31.4 Å². The van der Waals surface area contributed by atoms with Crippen molar-refractivity contribution in [1.29, 1.82) is 0 Å². The summed E-state index contributed by atoms with van der Waals surface area (Å²) in [6, 6.07) is 27.7. The van der Waals surface area contributed by atoms with Crippen LogP contribution in [0.3, 0.4) is 0 Å². The van der Waals surface area contributed by atoms with Crippen molar-refractivity contribution < 1.29 is 27.5 Å². The largest absolute Gasteiger partial charge is 0.497 e. The molecule has 0 heterocycles. The van der Waals surface area contributed by atoms with Gasteiger partial charge in [-0.3, -0.25) is 13.9 Å². The van der Waals surface area contributed by atoms with E-state index in [0.29, 0.717) is 11.5 Å². The second-order valence-corrected chi connectivity index (χ2v) is 14.8. The van der Waals surface area contributed by atoms with Gasteiger partial charge in [0.25, 0.3) is 10.0 Å². The van der Waals surface area contributed by atoms with Crippen LogP contribution in [0.1, 0.15) is 54.4 Å². The Bertz CT molecular complexity index is 1860. The molecule has 1 saturated carbocycles. The van der Waals surface area contributed by atoms with Crippen molar-refractivity contribution in [3.05, 3.63) is 119 Å². The number of sulfonamides is 1. The Hall–Kier alpha value is -4.83. The van der Waals surface area contributed by atoms with Gasteiger partial charge >= 0.3 is 0 Å². The summed E-state index contributed by atoms with van der Waals surface area (Å²) in [6.07, 6.45) is 5.20. The third kappa shape index (κ3) is 9.04. The minimum atomic E-state index is -4.27. The minimum absolute atomic E-state index is 0.0123. The maximum Gasteiger partial charge on any atom is 0.264 e. The van der Waals surface area contributed by atoms with Gasteiger partial charge in [-0.05, 0) is 79.8 Å². The normalized spacial score (nSPS) is 14.0. The number of carbonyl (C=O) groups is 2. The minimum Gasteiger partial charge on any atom is -0.497 e. The van der Waals surface area contributed by atoms with E-state index in [0.717, 1.165) is 58.7 Å². The van der Waals surface area contributed by atoms with Gasteiger partial charge in [0.15, 0.2) is 0 Å². The summed E-state index contributed by atoms with van der Waals surface area (Å²) >= 11 is 0. The average Bonchev–Trinajstić information content (AvgIpc) is 3.13. The van der Waals surface area contributed by atoms with Gasteiger partial charge in [-0.1, -0.05) is 85.5 Å². The molecule has 0 spiro atoms. The lowest BCUT2D eigenvalue weighted by Gasteiger charge is -2.35. The van der Waals surface area contributed by atoms with Crippen molar-refractivity contribution in [2.45, 2.75) is 75.9 Å². The monoisotopic (exact) mass is 697 g/mol. The number of nitrogens with zero attached hydrogens (tertiary/aromatic N) is 2. The summed E-state index contributed by atoms with van der Waals surface area (Å²) in [5.41, 5.74) is 3.54. The zero-order chi connectivity index (χ0) is 35.7. The van der Waals surface area contributed by atoms with Gasteiger partial charge in [0.1, 0.15) is 24.1 Å². The van der Waals surface area contributed by atoms with E-state index in [2.05, 4.69) is 5.32 Å². The SMILES string of the molecule is COc1cccc(CN(C(=O)CN(c2cc(C)ccc2OC)S(=O)(=O)c2ccc(C)cc2)[C@H](Cc2ccccc2)C(=O)NC2CCCCC2)c1. The lowest BCUT2D eigenvalue weighted by molar-refractivity contribution is -0.140. The number of aryl methyl sites for hydroxylation is 2. The van der Waals surface area contributed by atoms with Gasteiger partial charge < -0.3 is 19.7 Å². The number of methoxy groups -OCH3 is 2. The maximum atomic E-state index is 14.9. The van der Waals surface area contributed by atoms with Crippen LogP contribution in [-0.2, 0) is 32.6 Å². The molecule has 2 amide bonds. The van der Waals surface area contributed by atoms with Crippen LogP contribution in [0, 0.1) is 13.8 Å². The molecule has 1 fully saturated rings. The molecular formula is C40H47N3O6S. The first kappa shape index (κ1) is 36.5. The number of nitrogens with one attached hydrogen (secondary N) is 1. The predicted molar refractivity (Wildman–Crippen MR) is 196 cm³/mol. The molecule has 0 aliphatic heterocycles. The number of hydrogen-bond donors (Lipinski definition) is 1. The predicted octanol–water partition coefficient (Wildman–Crippen LogP) is 6.60. The first-order chi connectivity index (χ1) is 24.1. The van der Waals surface area contributed by atoms with Crippen molar-refractivity contribution in [2.75, 3.05) is 25.1 Å². The van der Waals surface area contributed by atoms with Crippen molar-refractivity contribution >= 4 is 27.5 Å². The van der Waals surface area contributed by atoms with Gasteiger partial charge in [-0.15, -0.1) is 0 Å². The number of hydrogen-bond acceptors (Lipinski definition) is 6. The quantitative estimate of drug-likeness (QED) is 0.159. The molecule has 1 atom stereocenters. The molecular weight excluding hydrogens is 651 g/mol.